The first-order chi connectivity index (χ1) is 10.1. The van der Waals surface area contributed by atoms with E-state index in [1.165, 1.54) is 27.5 Å². The van der Waals surface area contributed by atoms with E-state index >= 15 is 0 Å². The van der Waals surface area contributed by atoms with Gasteiger partial charge in [-0.1, -0.05) is 0 Å². The lowest BCUT2D eigenvalue weighted by Gasteiger charge is -2.13. The van der Waals surface area contributed by atoms with E-state index in [0.29, 0.717) is 22.8 Å². The van der Waals surface area contributed by atoms with E-state index in [-0.39, 0.29) is 6.42 Å². The fourth-order valence-electron chi connectivity index (χ4n) is 2.00. The van der Waals surface area contributed by atoms with Gasteiger partial charge in [-0.3, -0.25) is 9.78 Å². The summed E-state index contributed by atoms with van der Waals surface area (Å²) >= 11 is 0. The summed E-state index contributed by atoms with van der Waals surface area (Å²) in [5.41, 5.74) is 0.187. The number of aromatic nitrogens is 2. The summed E-state index contributed by atoms with van der Waals surface area (Å²) in [5.74, 6) is 1.64. The lowest BCUT2D eigenvalue weighted by Crippen LogP contribution is -2.24. The average molecular weight is 292 g/mol. The molecule has 0 bridgehead atoms. The van der Waals surface area contributed by atoms with Gasteiger partial charge in [-0.05, 0) is 6.07 Å². The van der Waals surface area contributed by atoms with Crippen LogP contribution in [0.4, 0.5) is 0 Å². The second-order valence-corrected chi connectivity index (χ2v) is 4.29. The van der Waals surface area contributed by atoms with E-state index in [9.17, 15) is 9.59 Å². The SMILES string of the molecule is COc1cc(OC)c(OC)cc1Cc1c[nH]c(=O)[nH]c1=O. The summed E-state index contributed by atoms with van der Waals surface area (Å²) in [6, 6.07) is 3.43. The van der Waals surface area contributed by atoms with Crippen molar-refractivity contribution in [1.29, 1.82) is 0 Å². The third kappa shape index (κ3) is 3.07. The van der Waals surface area contributed by atoms with E-state index in [2.05, 4.69) is 9.97 Å². The average Bonchev–Trinajstić information content (AvgIpc) is 2.49. The van der Waals surface area contributed by atoms with Crippen LogP contribution in [0.3, 0.4) is 0 Å². The number of aromatic amines is 2. The van der Waals surface area contributed by atoms with Crippen LogP contribution in [0.2, 0.25) is 0 Å². The predicted molar refractivity (Wildman–Crippen MR) is 76.6 cm³/mol. The highest BCUT2D eigenvalue weighted by atomic mass is 16.5. The molecule has 112 valence electrons. The molecule has 7 heteroatoms. The van der Waals surface area contributed by atoms with E-state index in [4.69, 9.17) is 14.2 Å². The van der Waals surface area contributed by atoms with Crippen LogP contribution in [0.15, 0.2) is 27.9 Å². The van der Waals surface area contributed by atoms with Crippen molar-refractivity contribution >= 4 is 0 Å². The van der Waals surface area contributed by atoms with Crippen LogP contribution in [0, 0.1) is 0 Å². The third-order valence-corrected chi connectivity index (χ3v) is 3.06. The summed E-state index contributed by atoms with van der Waals surface area (Å²) in [6.07, 6.45) is 1.67. The zero-order valence-electron chi connectivity index (χ0n) is 12.0. The maximum absolute atomic E-state index is 11.7. The summed E-state index contributed by atoms with van der Waals surface area (Å²) in [6.45, 7) is 0. The third-order valence-electron chi connectivity index (χ3n) is 3.06. The lowest BCUT2D eigenvalue weighted by molar-refractivity contribution is 0.347. The second kappa shape index (κ2) is 6.17. The van der Waals surface area contributed by atoms with Crippen molar-refractivity contribution in [2.24, 2.45) is 0 Å². The maximum atomic E-state index is 11.7. The van der Waals surface area contributed by atoms with Gasteiger partial charge in [0.2, 0.25) is 0 Å². The molecule has 0 aliphatic heterocycles. The largest absolute Gasteiger partial charge is 0.496 e. The van der Waals surface area contributed by atoms with Gasteiger partial charge in [-0.15, -0.1) is 0 Å². The number of hydrogen-bond acceptors (Lipinski definition) is 5. The fourth-order valence-corrected chi connectivity index (χ4v) is 2.00. The number of rotatable bonds is 5. The predicted octanol–water partition coefficient (Wildman–Crippen LogP) is 0.680. The minimum atomic E-state index is -0.539. The Labute approximate surface area is 120 Å². The molecule has 2 rings (SSSR count). The zero-order chi connectivity index (χ0) is 15.4. The molecule has 0 spiro atoms. The van der Waals surface area contributed by atoms with E-state index in [1.807, 2.05) is 0 Å². The molecule has 1 heterocycles. The topological polar surface area (TPSA) is 93.4 Å². The highest BCUT2D eigenvalue weighted by molar-refractivity contribution is 5.51. The quantitative estimate of drug-likeness (QED) is 0.845. The molecule has 7 nitrogen and oxygen atoms in total. The molecule has 2 N–H and O–H groups in total. The Kier molecular flexibility index (Phi) is 4.32. The van der Waals surface area contributed by atoms with Gasteiger partial charge in [-0.2, -0.15) is 0 Å². The van der Waals surface area contributed by atoms with Crippen LogP contribution in [0.25, 0.3) is 0 Å². The van der Waals surface area contributed by atoms with Crippen molar-refractivity contribution in [3.05, 3.63) is 50.3 Å². The Morgan fingerprint density at radius 1 is 0.905 bits per heavy atom. The molecule has 0 amide bonds. The molecule has 1 aromatic carbocycles. The van der Waals surface area contributed by atoms with Gasteiger partial charge in [0.15, 0.2) is 11.5 Å². The molecule has 2 aromatic rings. The molecular weight excluding hydrogens is 276 g/mol. The van der Waals surface area contributed by atoms with Crippen LogP contribution >= 0.6 is 0 Å². The molecule has 0 atom stereocenters. The van der Waals surface area contributed by atoms with Crippen LogP contribution in [0.1, 0.15) is 11.1 Å². The van der Waals surface area contributed by atoms with Crippen molar-refractivity contribution in [3.63, 3.8) is 0 Å². The first-order valence-electron chi connectivity index (χ1n) is 6.18. The van der Waals surface area contributed by atoms with Gasteiger partial charge >= 0.3 is 5.69 Å². The van der Waals surface area contributed by atoms with Crippen LogP contribution < -0.4 is 25.5 Å². The smallest absolute Gasteiger partial charge is 0.325 e. The minimum Gasteiger partial charge on any atom is -0.496 e. The van der Waals surface area contributed by atoms with Crippen LogP contribution in [-0.2, 0) is 6.42 Å². The van der Waals surface area contributed by atoms with E-state index in [1.54, 1.807) is 12.1 Å². The van der Waals surface area contributed by atoms with Crippen LogP contribution in [-0.4, -0.2) is 31.3 Å². The zero-order valence-corrected chi connectivity index (χ0v) is 12.0. The number of methoxy groups -OCH3 is 3. The standard InChI is InChI=1S/C14H16N2O5/c1-19-10-6-12(21-3)11(20-2)5-8(10)4-9-7-15-14(18)16-13(9)17/h5-7H,4H2,1-3H3,(H2,15,16,17,18). The Balaban J connectivity index is 2.47. The lowest BCUT2D eigenvalue weighted by atomic mass is 10.1. The van der Waals surface area contributed by atoms with Gasteiger partial charge in [0, 0.05) is 29.8 Å². The van der Waals surface area contributed by atoms with Crippen LogP contribution in [0.5, 0.6) is 17.2 Å². The number of nitrogens with one attached hydrogen (secondary N) is 2. The molecule has 0 saturated carbocycles. The number of benzene rings is 1. The molecule has 0 aliphatic carbocycles. The Morgan fingerprint density at radius 3 is 2.10 bits per heavy atom. The van der Waals surface area contributed by atoms with Crippen molar-refractivity contribution in [2.75, 3.05) is 21.3 Å². The van der Waals surface area contributed by atoms with E-state index in [0.717, 1.165) is 5.56 Å². The fraction of sp³-hybridized carbons (Fsp3) is 0.286. The highest BCUT2D eigenvalue weighted by Gasteiger charge is 2.13. The Hall–Kier alpha value is -2.70. The minimum absolute atomic E-state index is 0.287. The first kappa shape index (κ1) is 14.7. The first-order valence-corrected chi connectivity index (χ1v) is 6.18. The van der Waals surface area contributed by atoms with Crippen molar-refractivity contribution < 1.29 is 14.2 Å². The molecular formula is C14H16N2O5. The molecule has 1 aromatic heterocycles. The maximum Gasteiger partial charge on any atom is 0.325 e. The molecule has 21 heavy (non-hydrogen) atoms. The monoisotopic (exact) mass is 292 g/mol. The number of H-pyrrole nitrogens is 2. The summed E-state index contributed by atoms with van der Waals surface area (Å²) in [7, 11) is 4.59. The van der Waals surface area contributed by atoms with Gasteiger partial charge in [0.25, 0.3) is 5.56 Å². The normalized spacial score (nSPS) is 10.2. The Bertz CT molecular complexity index is 748. The summed E-state index contributed by atoms with van der Waals surface area (Å²) in [5, 5.41) is 0. The molecule has 0 saturated heterocycles. The van der Waals surface area contributed by atoms with Gasteiger partial charge in [-0.25, -0.2) is 4.79 Å². The van der Waals surface area contributed by atoms with Crippen molar-refractivity contribution in [2.45, 2.75) is 6.42 Å². The summed E-state index contributed by atoms with van der Waals surface area (Å²) in [4.78, 5) is 27.4. The summed E-state index contributed by atoms with van der Waals surface area (Å²) < 4.78 is 15.7. The van der Waals surface area contributed by atoms with Gasteiger partial charge in [0.05, 0.1) is 21.3 Å². The molecule has 0 aliphatic rings. The van der Waals surface area contributed by atoms with Gasteiger partial charge < -0.3 is 19.2 Å². The van der Waals surface area contributed by atoms with Crippen molar-refractivity contribution in [3.8, 4) is 17.2 Å². The molecule has 0 radical (unpaired) electrons. The number of ether oxygens (including phenoxy) is 3. The molecule has 0 unspecified atom stereocenters. The molecule has 0 fully saturated rings. The van der Waals surface area contributed by atoms with Gasteiger partial charge in [0.1, 0.15) is 5.75 Å². The van der Waals surface area contributed by atoms with E-state index < -0.39 is 11.2 Å². The van der Waals surface area contributed by atoms with Crippen molar-refractivity contribution in [1.82, 2.24) is 9.97 Å². The Morgan fingerprint density at radius 2 is 1.52 bits per heavy atom. The highest BCUT2D eigenvalue weighted by Crippen LogP contribution is 2.35. The second-order valence-electron chi connectivity index (χ2n) is 4.29. The number of hydrogen-bond donors (Lipinski definition) is 2.